The maximum atomic E-state index is 12.6. The first-order chi connectivity index (χ1) is 12.7. The van der Waals surface area contributed by atoms with Crippen molar-refractivity contribution in [3.63, 3.8) is 0 Å². The van der Waals surface area contributed by atoms with Gasteiger partial charge in [0.15, 0.2) is 5.13 Å². The molecule has 4 rings (SSSR count). The molecule has 1 amide bonds. The number of piperazine rings is 1. The molecule has 26 heavy (non-hydrogen) atoms. The van der Waals surface area contributed by atoms with Crippen molar-refractivity contribution in [3.05, 3.63) is 40.9 Å². The maximum absolute atomic E-state index is 12.6. The van der Waals surface area contributed by atoms with Crippen molar-refractivity contribution in [1.29, 1.82) is 5.26 Å². The fraction of sp³-hybridized carbons (Fsp3) is 0.421. The first kappa shape index (κ1) is 17.0. The van der Waals surface area contributed by atoms with Crippen molar-refractivity contribution in [1.82, 2.24) is 9.88 Å². The summed E-state index contributed by atoms with van der Waals surface area (Å²) in [5.74, 6) is 0.0447. The van der Waals surface area contributed by atoms with Crippen LogP contribution in [0.25, 0.3) is 0 Å². The third kappa shape index (κ3) is 3.43. The zero-order chi connectivity index (χ0) is 17.9. The van der Waals surface area contributed by atoms with E-state index >= 15 is 0 Å². The largest absolute Gasteiger partial charge is 0.348 e. The van der Waals surface area contributed by atoms with Crippen LogP contribution in [0.4, 0.5) is 10.8 Å². The Hall–Kier alpha value is -2.43. The minimum atomic E-state index is 0.0447. The summed E-state index contributed by atoms with van der Waals surface area (Å²) in [7, 11) is 0. The van der Waals surface area contributed by atoms with Gasteiger partial charge >= 0.3 is 0 Å². The van der Waals surface area contributed by atoms with Crippen LogP contribution in [0, 0.1) is 11.3 Å². The van der Waals surface area contributed by atoms with Gasteiger partial charge in [0.05, 0.1) is 17.8 Å². The minimum Gasteiger partial charge on any atom is -0.348 e. The van der Waals surface area contributed by atoms with E-state index in [1.165, 1.54) is 17.7 Å². The molecule has 2 aliphatic rings. The molecule has 0 atom stereocenters. The average molecular weight is 367 g/mol. The van der Waals surface area contributed by atoms with E-state index in [2.05, 4.69) is 20.9 Å². The number of rotatable bonds is 4. The second-order valence-corrected chi connectivity index (χ2v) is 7.78. The van der Waals surface area contributed by atoms with Gasteiger partial charge in [0, 0.05) is 43.8 Å². The molecular formula is C19H21N5OS. The summed E-state index contributed by atoms with van der Waals surface area (Å²) in [6, 6.07) is 9.47. The second kappa shape index (κ2) is 7.44. The number of para-hydroxylation sites is 1. The van der Waals surface area contributed by atoms with Crippen LogP contribution >= 0.6 is 11.3 Å². The molecule has 0 spiro atoms. The molecular weight excluding hydrogens is 346 g/mol. The van der Waals surface area contributed by atoms with E-state index < -0.39 is 0 Å². The van der Waals surface area contributed by atoms with Gasteiger partial charge in [-0.25, -0.2) is 4.98 Å². The van der Waals surface area contributed by atoms with E-state index in [0.29, 0.717) is 24.3 Å². The smallest absolute Gasteiger partial charge is 0.241 e. The Morgan fingerprint density at radius 1 is 1.15 bits per heavy atom. The van der Waals surface area contributed by atoms with Gasteiger partial charge in [0.2, 0.25) is 5.91 Å². The molecule has 0 aliphatic carbocycles. The monoisotopic (exact) mass is 367 g/mol. The number of hydrogen-bond donors (Lipinski definition) is 0. The number of amides is 1. The summed E-state index contributed by atoms with van der Waals surface area (Å²) in [6.07, 6.45) is 4.44. The lowest BCUT2D eigenvalue weighted by molar-refractivity contribution is -0.121. The Labute approximate surface area is 157 Å². The molecule has 2 saturated heterocycles. The standard InChI is InChI=1S/C19H21N5OS/c20-11-15-5-1-2-6-17(15)24-10-9-22(14-18(24)25)13-16-12-21-19(26-16)23-7-3-4-8-23/h1-2,5-6,12H,3-4,7-10,13-14H2. The Morgan fingerprint density at radius 2 is 1.96 bits per heavy atom. The molecule has 2 aromatic rings. The van der Waals surface area contributed by atoms with Gasteiger partial charge in [0.1, 0.15) is 6.07 Å². The molecule has 134 valence electrons. The number of carbonyl (C=O) groups is 1. The number of nitriles is 1. The number of carbonyl (C=O) groups excluding carboxylic acids is 1. The Bertz CT molecular complexity index is 836. The molecule has 0 radical (unpaired) electrons. The second-order valence-electron chi connectivity index (χ2n) is 6.69. The van der Waals surface area contributed by atoms with Crippen LogP contribution in [0.5, 0.6) is 0 Å². The first-order valence-corrected chi connectivity index (χ1v) is 9.78. The van der Waals surface area contributed by atoms with E-state index in [9.17, 15) is 10.1 Å². The zero-order valence-corrected chi connectivity index (χ0v) is 15.4. The lowest BCUT2D eigenvalue weighted by Crippen LogP contribution is -2.50. The van der Waals surface area contributed by atoms with Gasteiger partial charge in [-0.2, -0.15) is 5.26 Å². The zero-order valence-electron chi connectivity index (χ0n) is 14.6. The van der Waals surface area contributed by atoms with E-state index in [-0.39, 0.29) is 5.91 Å². The number of hydrogen-bond acceptors (Lipinski definition) is 6. The number of anilines is 2. The van der Waals surface area contributed by atoms with E-state index in [4.69, 9.17) is 0 Å². The summed E-state index contributed by atoms with van der Waals surface area (Å²) in [4.78, 5) is 24.6. The van der Waals surface area contributed by atoms with Crippen LogP contribution in [-0.4, -0.2) is 48.5 Å². The predicted molar refractivity (Wildman–Crippen MR) is 102 cm³/mol. The first-order valence-electron chi connectivity index (χ1n) is 8.96. The van der Waals surface area contributed by atoms with Crippen LogP contribution in [0.1, 0.15) is 23.3 Å². The van der Waals surface area contributed by atoms with Crippen LogP contribution in [-0.2, 0) is 11.3 Å². The molecule has 1 aromatic carbocycles. The average Bonchev–Trinajstić information content (AvgIpc) is 3.33. The van der Waals surface area contributed by atoms with Crippen molar-refractivity contribution in [2.75, 3.05) is 42.5 Å². The van der Waals surface area contributed by atoms with Gasteiger partial charge in [0.25, 0.3) is 0 Å². The summed E-state index contributed by atoms with van der Waals surface area (Å²) < 4.78 is 0. The Morgan fingerprint density at radius 3 is 2.73 bits per heavy atom. The van der Waals surface area contributed by atoms with Crippen LogP contribution < -0.4 is 9.80 Å². The fourth-order valence-electron chi connectivity index (χ4n) is 3.56. The third-order valence-corrected chi connectivity index (χ3v) is 5.96. The summed E-state index contributed by atoms with van der Waals surface area (Å²) in [6.45, 7) is 4.73. The highest BCUT2D eigenvalue weighted by Gasteiger charge is 2.27. The molecule has 0 bridgehead atoms. The van der Waals surface area contributed by atoms with Crippen LogP contribution in [0.3, 0.4) is 0 Å². The fourth-order valence-corrected chi connectivity index (χ4v) is 4.56. The molecule has 0 saturated carbocycles. The minimum absolute atomic E-state index is 0.0447. The van der Waals surface area contributed by atoms with Crippen LogP contribution in [0.15, 0.2) is 30.5 Å². The number of aromatic nitrogens is 1. The summed E-state index contributed by atoms with van der Waals surface area (Å²) >= 11 is 1.73. The van der Waals surface area contributed by atoms with Gasteiger partial charge < -0.3 is 9.80 Å². The molecule has 1 aromatic heterocycles. The molecule has 6 nitrogen and oxygen atoms in total. The normalized spacial score (nSPS) is 18.3. The molecule has 3 heterocycles. The van der Waals surface area contributed by atoms with Crippen LogP contribution in [0.2, 0.25) is 0 Å². The third-order valence-electron chi connectivity index (χ3n) is 4.91. The topological polar surface area (TPSA) is 63.5 Å². The number of nitrogens with zero attached hydrogens (tertiary/aromatic N) is 5. The number of benzene rings is 1. The summed E-state index contributed by atoms with van der Waals surface area (Å²) in [5.41, 5.74) is 1.26. The Balaban J connectivity index is 1.40. The maximum Gasteiger partial charge on any atom is 0.241 e. The van der Waals surface area contributed by atoms with E-state index in [1.54, 1.807) is 22.3 Å². The van der Waals surface area contributed by atoms with E-state index in [0.717, 1.165) is 31.3 Å². The summed E-state index contributed by atoms with van der Waals surface area (Å²) in [5, 5.41) is 10.4. The molecule has 0 N–H and O–H groups in total. The highest BCUT2D eigenvalue weighted by molar-refractivity contribution is 7.15. The van der Waals surface area contributed by atoms with Gasteiger partial charge in [-0.1, -0.05) is 12.1 Å². The lowest BCUT2D eigenvalue weighted by Gasteiger charge is -2.34. The molecule has 2 aliphatic heterocycles. The lowest BCUT2D eigenvalue weighted by atomic mass is 10.1. The van der Waals surface area contributed by atoms with Crippen molar-refractivity contribution >= 4 is 28.1 Å². The van der Waals surface area contributed by atoms with Gasteiger partial charge in [-0.05, 0) is 25.0 Å². The van der Waals surface area contributed by atoms with Gasteiger partial charge in [-0.3, -0.25) is 9.69 Å². The Kier molecular flexibility index (Phi) is 4.87. The van der Waals surface area contributed by atoms with Gasteiger partial charge in [-0.15, -0.1) is 11.3 Å². The highest BCUT2D eigenvalue weighted by Crippen LogP contribution is 2.27. The quantitative estimate of drug-likeness (QED) is 0.831. The van der Waals surface area contributed by atoms with Crippen molar-refractivity contribution in [3.8, 4) is 6.07 Å². The molecule has 2 fully saturated rings. The molecule has 0 unspecified atom stereocenters. The van der Waals surface area contributed by atoms with Crippen molar-refractivity contribution in [2.24, 2.45) is 0 Å². The number of thiazole rings is 1. The predicted octanol–water partition coefficient (Wildman–Crippen LogP) is 2.46. The van der Waals surface area contributed by atoms with Crippen molar-refractivity contribution < 1.29 is 4.79 Å². The molecule has 7 heteroatoms. The highest BCUT2D eigenvalue weighted by atomic mass is 32.1. The van der Waals surface area contributed by atoms with E-state index in [1.807, 2.05) is 24.4 Å². The SMILES string of the molecule is N#Cc1ccccc1N1CCN(Cc2cnc(N3CCCC3)s2)CC1=O. The van der Waals surface area contributed by atoms with Crippen molar-refractivity contribution in [2.45, 2.75) is 19.4 Å².